The second-order valence-electron chi connectivity index (χ2n) is 5.76. The molecule has 0 unspecified atom stereocenters. The van der Waals surface area contributed by atoms with E-state index in [0.29, 0.717) is 24.3 Å². The van der Waals surface area contributed by atoms with Crippen molar-refractivity contribution in [1.82, 2.24) is 10.2 Å². The largest absolute Gasteiger partial charge is 0.497 e. The summed E-state index contributed by atoms with van der Waals surface area (Å²) in [6, 6.07) is 6.65. The molecule has 1 N–H and O–H groups in total. The molecule has 0 spiro atoms. The van der Waals surface area contributed by atoms with Gasteiger partial charge in [0.25, 0.3) is 12.3 Å². The lowest BCUT2D eigenvalue weighted by Crippen LogP contribution is -2.37. The predicted octanol–water partition coefficient (Wildman–Crippen LogP) is 2.46. The van der Waals surface area contributed by atoms with Crippen molar-refractivity contribution in [3.63, 3.8) is 0 Å². The fourth-order valence-corrected chi connectivity index (χ4v) is 2.42. The summed E-state index contributed by atoms with van der Waals surface area (Å²) in [7, 11) is 1.55. The molecule has 0 heterocycles. The lowest BCUT2D eigenvalue weighted by Gasteiger charge is -2.22. The van der Waals surface area contributed by atoms with Gasteiger partial charge < -0.3 is 15.0 Å². The molecule has 2 amide bonds. The fraction of sp³-hybridized carbons (Fsp3) is 0.529. The standard InChI is InChI=1S/C17H22F2N2O3/c1-24-14-8-4-12(5-9-14)17(23)20-10-2-3-16(22)21(11-15(18)19)13-6-7-13/h4-5,8-9,13,15H,2-3,6-7,10-11H2,1H3,(H,20,23). The molecular weight excluding hydrogens is 318 g/mol. The van der Waals surface area contributed by atoms with Gasteiger partial charge in [0.1, 0.15) is 5.75 Å². The van der Waals surface area contributed by atoms with Gasteiger partial charge in [-0.2, -0.15) is 0 Å². The summed E-state index contributed by atoms with van der Waals surface area (Å²) in [6.45, 7) is -0.175. The number of hydrogen-bond donors (Lipinski definition) is 1. The molecule has 0 atom stereocenters. The van der Waals surface area contributed by atoms with Gasteiger partial charge in [-0.25, -0.2) is 8.78 Å². The topological polar surface area (TPSA) is 58.6 Å². The maximum absolute atomic E-state index is 12.5. The van der Waals surface area contributed by atoms with Crippen LogP contribution in [0.2, 0.25) is 0 Å². The molecule has 0 saturated heterocycles. The number of rotatable bonds is 9. The zero-order valence-corrected chi connectivity index (χ0v) is 13.6. The van der Waals surface area contributed by atoms with Crippen molar-refractivity contribution in [2.24, 2.45) is 0 Å². The quantitative estimate of drug-likeness (QED) is 0.703. The first-order chi connectivity index (χ1) is 11.5. The third-order valence-electron chi connectivity index (χ3n) is 3.85. The predicted molar refractivity (Wildman–Crippen MR) is 85.3 cm³/mol. The highest BCUT2D eigenvalue weighted by Gasteiger charge is 2.33. The van der Waals surface area contributed by atoms with Crippen LogP contribution in [0.3, 0.4) is 0 Å². The summed E-state index contributed by atoms with van der Waals surface area (Å²) in [4.78, 5) is 25.2. The van der Waals surface area contributed by atoms with Crippen molar-refractivity contribution in [2.45, 2.75) is 38.2 Å². The van der Waals surface area contributed by atoms with Crippen LogP contribution >= 0.6 is 0 Å². The second kappa shape index (κ2) is 8.61. The zero-order valence-electron chi connectivity index (χ0n) is 13.6. The fourth-order valence-electron chi connectivity index (χ4n) is 2.42. The Kier molecular flexibility index (Phi) is 6.52. The Balaban J connectivity index is 1.71. The van der Waals surface area contributed by atoms with Crippen LogP contribution < -0.4 is 10.1 Å². The van der Waals surface area contributed by atoms with Crippen molar-refractivity contribution < 1.29 is 23.1 Å². The third-order valence-corrected chi connectivity index (χ3v) is 3.85. The Bertz CT molecular complexity index is 559. The molecule has 7 heteroatoms. The van der Waals surface area contributed by atoms with Gasteiger partial charge in [-0.3, -0.25) is 9.59 Å². The minimum Gasteiger partial charge on any atom is -0.497 e. The number of ether oxygens (including phenoxy) is 1. The number of hydrogen-bond acceptors (Lipinski definition) is 3. The number of alkyl halides is 2. The maximum atomic E-state index is 12.5. The summed E-state index contributed by atoms with van der Waals surface area (Å²) in [5.74, 6) is 0.157. The first-order valence-electron chi connectivity index (χ1n) is 8.01. The average Bonchev–Trinajstić information content (AvgIpc) is 3.41. The normalized spacial score (nSPS) is 13.7. The molecule has 5 nitrogen and oxygen atoms in total. The highest BCUT2D eigenvalue weighted by Crippen LogP contribution is 2.28. The van der Waals surface area contributed by atoms with E-state index < -0.39 is 13.0 Å². The highest BCUT2D eigenvalue weighted by molar-refractivity contribution is 5.94. The molecule has 24 heavy (non-hydrogen) atoms. The van der Waals surface area contributed by atoms with E-state index in [9.17, 15) is 18.4 Å². The van der Waals surface area contributed by atoms with Crippen molar-refractivity contribution in [3.05, 3.63) is 29.8 Å². The molecule has 1 aromatic carbocycles. The molecule has 1 aliphatic carbocycles. The van der Waals surface area contributed by atoms with Crippen molar-refractivity contribution in [2.75, 3.05) is 20.2 Å². The average molecular weight is 340 g/mol. The number of carbonyl (C=O) groups is 2. The first kappa shape index (κ1) is 18.2. The summed E-state index contributed by atoms with van der Waals surface area (Å²) in [6.07, 6.45) is -0.331. The van der Waals surface area contributed by atoms with Gasteiger partial charge in [0.05, 0.1) is 13.7 Å². The van der Waals surface area contributed by atoms with E-state index in [1.165, 1.54) is 4.90 Å². The summed E-state index contributed by atoms with van der Waals surface area (Å²) in [5, 5.41) is 2.72. The van der Waals surface area contributed by atoms with Crippen LogP contribution in [-0.2, 0) is 4.79 Å². The second-order valence-corrected chi connectivity index (χ2v) is 5.76. The lowest BCUT2D eigenvalue weighted by molar-refractivity contribution is -0.133. The van der Waals surface area contributed by atoms with E-state index in [0.717, 1.165) is 12.8 Å². The number of carbonyl (C=O) groups excluding carboxylic acids is 2. The smallest absolute Gasteiger partial charge is 0.255 e. The van der Waals surface area contributed by atoms with Crippen molar-refractivity contribution in [3.8, 4) is 5.75 Å². The molecule has 0 radical (unpaired) electrons. The van der Waals surface area contributed by atoms with E-state index in [1.807, 2.05) is 0 Å². The molecule has 1 saturated carbocycles. The Morgan fingerprint density at radius 1 is 1.29 bits per heavy atom. The zero-order chi connectivity index (χ0) is 17.5. The van der Waals surface area contributed by atoms with Crippen molar-refractivity contribution in [1.29, 1.82) is 0 Å². The van der Waals surface area contributed by atoms with E-state index in [2.05, 4.69) is 5.32 Å². The van der Waals surface area contributed by atoms with Gasteiger partial charge in [0.15, 0.2) is 0 Å². The molecule has 132 valence electrons. The third kappa shape index (κ3) is 5.47. The van der Waals surface area contributed by atoms with Gasteiger partial charge in [0.2, 0.25) is 5.91 Å². The molecule has 1 fully saturated rings. The highest BCUT2D eigenvalue weighted by atomic mass is 19.3. The molecule has 2 rings (SSSR count). The van der Waals surface area contributed by atoms with E-state index >= 15 is 0 Å². The summed E-state index contributed by atoms with van der Waals surface area (Å²) in [5.41, 5.74) is 0.499. The molecule has 0 aromatic heterocycles. The van der Waals surface area contributed by atoms with Crippen molar-refractivity contribution >= 4 is 11.8 Å². The monoisotopic (exact) mass is 340 g/mol. The Morgan fingerprint density at radius 2 is 1.96 bits per heavy atom. The van der Waals surface area contributed by atoms with Crippen LogP contribution in [0, 0.1) is 0 Å². The van der Waals surface area contributed by atoms with Crippen LogP contribution in [0.1, 0.15) is 36.0 Å². The van der Waals surface area contributed by atoms with Gasteiger partial charge in [0, 0.05) is 24.6 Å². The van der Waals surface area contributed by atoms with Crippen LogP contribution in [-0.4, -0.2) is 49.4 Å². The Morgan fingerprint density at radius 3 is 2.50 bits per heavy atom. The Labute approximate surface area is 140 Å². The van der Waals surface area contributed by atoms with Gasteiger partial charge in [-0.1, -0.05) is 0 Å². The van der Waals surface area contributed by atoms with E-state index in [1.54, 1.807) is 31.4 Å². The summed E-state index contributed by atoms with van der Waals surface area (Å²) < 4.78 is 30.0. The van der Waals surface area contributed by atoms with E-state index in [-0.39, 0.29) is 24.3 Å². The first-order valence-corrected chi connectivity index (χ1v) is 8.01. The minimum absolute atomic E-state index is 0.0274. The SMILES string of the molecule is COc1ccc(C(=O)NCCCC(=O)N(CC(F)F)C2CC2)cc1. The number of nitrogens with zero attached hydrogens (tertiary/aromatic N) is 1. The number of amides is 2. The van der Waals surface area contributed by atoms with Gasteiger partial charge in [-0.05, 0) is 43.5 Å². The Hall–Kier alpha value is -2.18. The summed E-state index contributed by atoms with van der Waals surface area (Å²) >= 11 is 0. The van der Waals surface area contributed by atoms with Gasteiger partial charge >= 0.3 is 0 Å². The molecule has 1 aromatic rings. The molecular formula is C17H22F2N2O3. The number of halogens is 2. The van der Waals surface area contributed by atoms with Gasteiger partial charge in [-0.15, -0.1) is 0 Å². The number of nitrogens with one attached hydrogen (secondary N) is 1. The van der Waals surface area contributed by atoms with E-state index in [4.69, 9.17) is 4.74 Å². The van der Waals surface area contributed by atoms with Crippen LogP contribution in [0.4, 0.5) is 8.78 Å². The molecule has 1 aliphatic rings. The van der Waals surface area contributed by atoms with Crippen LogP contribution in [0.5, 0.6) is 5.75 Å². The molecule has 0 aliphatic heterocycles. The minimum atomic E-state index is -2.51. The lowest BCUT2D eigenvalue weighted by atomic mass is 10.2. The van der Waals surface area contributed by atoms with Crippen LogP contribution in [0.25, 0.3) is 0 Å². The molecule has 0 bridgehead atoms. The maximum Gasteiger partial charge on any atom is 0.255 e. The number of methoxy groups -OCH3 is 1. The van der Waals surface area contributed by atoms with Crippen LogP contribution in [0.15, 0.2) is 24.3 Å². The number of benzene rings is 1.